The van der Waals surface area contributed by atoms with Gasteiger partial charge in [-0.3, -0.25) is 4.48 Å². The van der Waals surface area contributed by atoms with E-state index in [0.717, 1.165) is 10.9 Å². The summed E-state index contributed by atoms with van der Waals surface area (Å²) < 4.78 is 0.840. The molecule has 0 radical (unpaired) electrons. The molecule has 49 heavy (non-hydrogen) atoms. The first kappa shape index (κ1) is 37.0. The smallest absolute Gasteiger partial charge is 0.132 e. The Morgan fingerprint density at radius 1 is 0.612 bits per heavy atom. The summed E-state index contributed by atoms with van der Waals surface area (Å²) in [4.78, 5) is 0. The third-order valence-electron chi connectivity index (χ3n) is 11.2. The zero-order valence-corrected chi connectivity index (χ0v) is 33.9. The molecular formula is C46H62NSi2+. The summed E-state index contributed by atoms with van der Waals surface area (Å²) in [6.45, 7) is 12.9. The molecule has 0 aliphatic rings. The second-order valence-corrected chi connectivity index (χ2v) is 27.7. The molecule has 0 saturated heterocycles. The molecule has 1 unspecified atom stereocenters. The highest BCUT2D eigenvalue weighted by Gasteiger charge is 2.33. The fourth-order valence-corrected chi connectivity index (χ4v) is 15.3. The molecule has 1 atom stereocenters. The van der Waals surface area contributed by atoms with E-state index in [-0.39, 0.29) is 5.41 Å². The maximum atomic E-state index is 2.65. The average Bonchev–Trinajstić information content (AvgIpc) is 3.09. The fourth-order valence-electron chi connectivity index (χ4n) is 7.69. The Labute approximate surface area is 300 Å². The summed E-state index contributed by atoms with van der Waals surface area (Å²) in [5.74, 6) is 0. The van der Waals surface area contributed by atoms with Crippen LogP contribution in [0.1, 0.15) is 49.3 Å². The third-order valence-corrected chi connectivity index (χ3v) is 17.8. The Hall–Kier alpha value is -3.25. The quantitative estimate of drug-likeness (QED) is 0.0420. The number of quaternary nitrogens is 1. The van der Waals surface area contributed by atoms with E-state index in [0.29, 0.717) is 0 Å². The van der Waals surface area contributed by atoms with Gasteiger partial charge in [0.1, 0.15) is 5.69 Å². The Balaban J connectivity index is 1.27. The summed E-state index contributed by atoms with van der Waals surface area (Å²) in [5, 5.41) is 5.65. The first-order valence-electron chi connectivity index (χ1n) is 18.9. The van der Waals surface area contributed by atoms with Gasteiger partial charge in [-0.15, -0.1) is 0 Å². The Morgan fingerprint density at radius 3 is 1.76 bits per heavy atom. The second-order valence-electron chi connectivity index (χ2n) is 17.1. The van der Waals surface area contributed by atoms with Crippen LogP contribution in [-0.4, -0.2) is 37.3 Å². The Kier molecular flexibility index (Phi) is 11.9. The zero-order valence-electron chi connectivity index (χ0n) is 31.9. The molecular weight excluding hydrogens is 623 g/mol. The van der Waals surface area contributed by atoms with Crippen LogP contribution in [0.15, 0.2) is 121 Å². The average molecular weight is 685 g/mol. The lowest BCUT2D eigenvalue weighted by molar-refractivity contribution is 0.454. The van der Waals surface area contributed by atoms with Crippen molar-refractivity contribution in [1.29, 1.82) is 0 Å². The lowest BCUT2D eigenvalue weighted by atomic mass is 9.69. The number of hydrogen-bond acceptors (Lipinski definition) is 0. The summed E-state index contributed by atoms with van der Waals surface area (Å²) in [5.41, 5.74) is 5.82. The maximum absolute atomic E-state index is 2.65. The van der Waals surface area contributed by atoms with Crippen molar-refractivity contribution in [3.05, 3.63) is 138 Å². The van der Waals surface area contributed by atoms with E-state index in [1.165, 1.54) is 88.2 Å². The lowest BCUT2D eigenvalue weighted by Crippen LogP contribution is -2.35. The highest BCUT2D eigenvalue weighted by molar-refractivity contribution is 6.82. The van der Waals surface area contributed by atoms with Crippen LogP contribution in [-0.2, 0) is 11.8 Å². The number of benzene rings is 5. The molecule has 258 valence electrons. The van der Waals surface area contributed by atoms with E-state index in [9.17, 15) is 0 Å². The SMILES string of the molecule is CCCCC(C/C=C/C[Si](C)(C)CC[Si](C)(C)CCc1c2ccccc2cc2ccccc12)(c1ccccc1)c1ccc([N+](C)(C)C)cc1. The van der Waals surface area contributed by atoms with Gasteiger partial charge in [-0.05, 0) is 81.7 Å². The van der Waals surface area contributed by atoms with Crippen molar-refractivity contribution in [3.63, 3.8) is 0 Å². The Bertz CT molecular complexity index is 1780. The first-order chi connectivity index (χ1) is 23.3. The monoisotopic (exact) mass is 684 g/mol. The van der Waals surface area contributed by atoms with E-state index < -0.39 is 16.1 Å². The van der Waals surface area contributed by atoms with Gasteiger partial charge in [0.2, 0.25) is 0 Å². The van der Waals surface area contributed by atoms with Gasteiger partial charge in [-0.1, -0.05) is 167 Å². The molecule has 5 rings (SSSR count). The molecule has 0 saturated carbocycles. The maximum Gasteiger partial charge on any atom is 0.132 e. The van der Waals surface area contributed by atoms with Crippen LogP contribution < -0.4 is 4.48 Å². The van der Waals surface area contributed by atoms with E-state index in [4.69, 9.17) is 0 Å². The normalized spacial score (nSPS) is 14.1. The molecule has 0 N–H and O–H groups in total. The molecule has 0 aromatic heterocycles. The molecule has 0 amide bonds. The highest BCUT2D eigenvalue weighted by Crippen LogP contribution is 2.42. The highest BCUT2D eigenvalue weighted by atomic mass is 28.3. The fraction of sp³-hybridized carbons (Fsp3) is 0.391. The summed E-state index contributed by atoms with van der Waals surface area (Å²) in [6, 6.07) is 46.8. The first-order valence-corrected chi connectivity index (χ1v) is 25.7. The number of rotatable bonds is 16. The predicted octanol–water partition coefficient (Wildman–Crippen LogP) is 13.3. The second kappa shape index (κ2) is 15.8. The van der Waals surface area contributed by atoms with Gasteiger partial charge in [0.25, 0.3) is 0 Å². The standard InChI is InChI=1S/C46H62NSi2/c1-9-10-31-46(40-22-12-11-13-23-40,41-26-28-42(29-27-41)47(2,3)4)32-18-19-33-48(5,6)35-36-49(7,8)34-30-45-43-24-16-14-20-38(43)37-39-21-15-17-25-44(39)45/h11-29,37H,9-10,30-36H2,1-8H3/q+1/b19-18+. The van der Waals surface area contributed by atoms with E-state index in [1.807, 2.05) is 0 Å². The molecule has 0 aliphatic carbocycles. The number of nitrogens with zero attached hydrogens (tertiary/aromatic N) is 1. The predicted molar refractivity (Wildman–Crippen MR) is 226 cm³/mol. The molecule has 1 nitrogen and oxygen atoms in total. The lowest BCUT2D eigenvalue weighted by Gasteiger charge is -2.35. The minimum atomic E-state index is -1.37. The van der Waals surface area contributed by atoms with Gasteiger partial charge in [0.05, 0.1) is 29.2 Å². The van der Waals surface area contributed by atoms with Crippen LogP contribution in [0.5, 0.6) is 0 Å². The van der Waals surface area contributed by atoms with Crippen molar-refractivity contribution in [2.45, 2.75) is 94.8 Å². The summed E-state index contributed by atoms with van der Waals surface area (Å²) >= 11 is 0. The van der Waals surface area contributed by atoms with Crippen LogP contribution in [0.2, 0.25) is 50.4 Å². The number of aryl methyl sites for hydroxylation is 1. The molecule has 5 aromatic carbocycles. The van der Waals surface area contributed by atoms with E-state index >= 15 is 0 Å². The number of fused-ring (bicyclic) bond motifs is 2. The van der Waals surface area contributed by atoms with Crippen LogP contribution in [0.25, 0.3) is 21.5 Å². The van der Waals surface area contributed by atoms with Crippen LogP contribution in [0.3, 0.4) is 0 Å². The van der Waals surface area contributed by atoms with Gasteiger partial charge < -0.3 is 0 Å². The van der Waals surface area contributed by atoms with Crippen molar-refractivity contribution < 1.29 is 0 Å². The van der Waals surface area contributed by atoms with Crippen molar-refractivity contribution in [2.75, 3.05) is 21.1 Å². The zero-order chi connectivity index (χ0) is 35.1. The van der Waals surface area contributed by atoms with Crippen molar-refractivity contribution in [2.24, 2.45) is 0 Å². The van der Waals surface area contributed by atoms with Crippen LogP contribution in [0.4, 0.5) is 5.69 Å². The molecule has 0 bridgehead atoms. The third kappa shape index (κ3) is 9.31. The van der Waals surface area contributed by atoms with E-state index in [1.54, 1.807) is 5.56 Å². The molecule has 0 fully saturated rings. The van der Waals surface area contributed by atoms with Crippen molar-refractivity contribution in [1.82, 2.24) is 4.48 Å². The van der Waals surface area contributed by atoms with Gasteiger partial charge in [0, 0.05) is 13.5 Å². The van der Waals surface area contributed by atoms with Crippen molar-refractivity contribution >= 4 is 43.4 Å². The molecule has 0 aliphatic heterocycles. The van der Waals surface area contributed by atoms with Gasteiger partial charge in [-0.2, -0.15) is 0 Å². The van der Waals surface area contributed by atoms with E-state index in [2.05, 4.69) is 176 Å². The number of unbranched alkanes of at least 4 members (excludes halogenated alkanes) is 1. The number of hydrogen-bond donors (Lipinski definition) is 0. The summed E-state index contributed by atoms with van der Waals surface area (Å²) in [7, 11) is 4.02. The molecule has 5 aromatic rings. The number of allylic oxidation sites excluding steroid dienone is 2. The van der Waals surface area contributed by atoms with Crippen LogP contribution >= 0.6 is 0 Å². The topological polar surface area (TPSA) is 0 Å². The summed E-state index contributed by atoms with van der Waals surface area (Å²) in [6.07, 6.45) is 11.0. The minimum absolute atomic E-state index is 0.00354. The minimum Gasteiger partial charge on any atom is -0.298 e. The van der Waals surface area contributed by atoms with Gasteiger partial charge in [-0.25, -0.2) is 0 Å². The molecule has 0 heterocycles. The van der Waals surface area contributed by atoms with Gasteiger partial charge in [0.15, 0.2) is 0 Å². The van der Waals surface area contributed by atoms with Crippen molar-refractivity contribution in [3.8, 4) is 0 Å². The molecule has 0 spiro atoms. The molecule has 3 heteroatoms. The Morgan fingerprint density at radius 2 is 1.16 bits per heavy atom. The van der Waals surface area contributed by atoms with Crippen LogP contribution in [0, 0.1) is 0 Å². The van der Waals surface area contributed by atoms with Gasteiger partial charge >= 0.3 is 0 Å². The largest absolute Gasteiger partial charge is 0.298 e.